The third kappa shape index (κ3) is 2.32. The van der Waals surface area contributed by atoms with Crippen molar-refractivity contribution in [3.8, 4) is 11.4 Å². The van der Waals surface area contributed by atoms with Gasteiger partial charge in [0.05, 0.1) is 0 Å². The Morgan fingerprint density at radius 3 is 2.79 bits per heavy atom. The SMILES string of the molecule is Cc1noc(Cn2c(-c3ccccc3)n[nH]c2=S)n1. The summed E-state index contributed by atoms with van der Waals surface area (Å²) in [6, 6.07) is 9.81. The summed E-state index contributed by atoms with van der Waals surface area (Å²) in [5.74, 6) is 1.86. The van der Waals surface area contributed by atoms with E-state index in [2.05, 4.69) is 20.3 Å². The third-order valence-corrected chi connectivity index (χ3v) is 2.96. The Morgan fingerprint density at radius 2 is 2.11 bits per heavy atom. The number of hydrogen-bond donors (Lipinski definition) is 1. The van der Waals surface area contributed by atoms with Gasteiger partial charge in [0, 0.05) is 5.56 Å². The molecule has 0 bridgehead atoms. The van der Waals surface area contributed by atoms with Gasteiger partial charge in [-0.2, -0.15) is 10.1 Å². The van der Waals surface area contributed by atoms with Crippen LogP contribution in [0.1, 0.15) is 11.7 Å². The number of aromatic amines is 1. The first kappa shape index (κ1) is 11.8. The molecule has 7 heteroatoms. The molecule has 0 radical (unpaired) electrons. The molecule has 0 aliphatic carbocycles. The minimum absolute atomic E-state index is 0.403. The molecule has 3 rings (SSSR count). The summed E-state index contributed by atoms with van der Waals surface area (Å²) in [5, 5.41) is 10.8. The van der Waals surface area contributed by atoms with Crippen LogP contribution in [-0.4, -0.2) is 24.9 Å². The van der Waals surface area contributed by atoms with Crippen LogP contribution in [0.15, 0.2) is 34.9 Å². The second-order valence-electron chi connectivity index (χ2n) is 4.04. The molecule has 0 spiro atoms. The molecule has 2 aromatic heterocycles. The van der Waals surface area contributed by atoms with Gasteiger partial charge < -0.3 is 4.52 Å². The molecule has 0 saturated heterocycles. The maximum absolute atomic E-state index is 5.23. The highest BCUT2D eigenvalue weighted by molar-refractivity contribution is 7.71. The Kier molecular flexibility index (Phi) is 2.96. The van der Waals surface area contributed by atoms with E-state index in [-0.39, 0.29) is 0 Å². The molecule has 0 amide bonds. The highest BCUT2D eigenvalue weighted by atomic mass is 32.1. The van der Waals surface area contributed by atoms with E-state index >= 15 is 0 Å². The molecule has 0 saturated carbocycles. The van der Waals surface area contributed by atoms with Crippen molar-refractivity contribution in [2.75, 3.05) is 0 Å². The Hall–Kier alpha value is -2.28. The lowest BCUT2D eigenvalue weighted by molar-refractivity contribution is 0.367. The van der Waals surface area contributed by atoms with Gasteiger partial charge in [0.15, 0.2) is 16.4 Å². The zero-order chi connectivity index (χ0) is 13.2. The lowest BCUT2D eigenvalue weighted by atomic mass is 10.2. The maximum atomic E-state index is 5.23. The van der Waals surface area contributed by atoms with Crippen molar-refractivity contribution in [1.29, 1.82) is 0 Å². The van der Waals surface area contributed by atoms with Crippen LogP contribution in [0.5, 0.6) is 0 Å². The van der Waals surface area contributed by atoms with E-state index in [0.29, 0.717) is 23.0 Å². The van der Waals surface area contributed by atoms with E-state index in [9.17, 15) is 0 Å². The number of aromatic nitrogens is 5. The number of rotatable bonds is 3. The van der Waals surface area contributed by atoms with Gasteiger partial charge in [-0.3, -0.25) is 9.67 Å². The highest BCUT2D eigenvalue weighted by Gasteiger charge is 2.12. The predicted molar refractivity (Wildman–Crippen MR) is 71.0 cm³/mol. The first-order chi connectivity index (χ1) is 9.24. The van der Waals surface area contributed by atoms with Crippen LogP contribution in [0, 0.1) is 11.7 Å². The molecule has 96 valence electrons. The summed E-state index contributed by atoms with van der Waals surface area (Å²) in [6.45, 7) is 2.18. The molecule has 0 atom stereocenters. The highest BCUT2D eigenvalue weighted by Crippen LogP contribution is 2.17. The molecule has 0 aliphatic heterocycles. The van der Waals surface area contributed by atoms with Crippen LogP contribution >= 0.6 is 12.2 Å². The molecular formula is C12H11N5OS. The molecule has 0 fully saturated rings. The molecule has 2 heterocycles. The van der Waals surface area contributed by atoms with Gasteiger partial charge in [-0.05, 0) is 19.1 Å². The lowest BCUT2D eigenvalue weighted by Crippen LogP contribution is -2.02. The number of H-pyrrole nitrogens is 1. The van der Waals surface area contributed by atoms with Gasteiger partial charge in [0.25, 0.3) is 0 Å². The van der Waals surface area contributed by atoms with Crippen molar-refractivity contribution in [2.45, 2.75) is 13.5 Å². The van der Waals surface area contributed by atoms with E-state index in [4.69, 9.17) is 16.7 Å². The molecule has 3 aromatic rings. The lowest BCUT2D eigenvalue weighted by Gasteiger charge is -2.03. The largest absolute Gasteiger partial charge is 0.337 e. The van der Waals surface area contributed by atoms with Crippen molar-refractivity contribution >= 4 is 12.2 Å². The average Bonchev–Trinajstić information content (AvgIpc) is 2.99. The van der Waals surface area contributed by atoms with E-state index < -0.39 is 0 Å². The summed E-state index contributed by atoms with van der Waals surface area (Å²) in [4.78, 5) is 4.17. The fourth-order valence-corrected chi connectivity index (χ4v) is 2.01. The number of nitrogens with one attached hydrogen (secondary N) is 1. The fourth-order valence-electron chi connectivity index (χ4n) is 1.81. The zero-order valence-electron chi connectivity index (χ0n) is 10.2. The number of aryl methyl sites for hydroxylation is 1. The van der Waals surface area contributed by atoms with Gasteiger partial charge in [-0.15, -0.1) is 0 Å². The van der Waals surface area contributed by atoms with Gasteiger partial charge in [-0.25, -0.2) is 0 Å². The molecule has 0 aliphatic rings. The smallest absolute Gasteiger partial charge is 0.246 e. The third-order valence-electron chi connectivity index (χ3n) is 2.65. The van der Waals surface area contributed by atoms with Gasteiger partial charge in [-0.1, -0.05) is 35.5 Å². The Balaban J connectivity index is 2.02. The van der Waals surface area contributed by atoms with Crippen molar-refractivity contribution in [3.05, 3.63) is 46.8 Å². The van der Waals surface area contributed by atoms with E-state index in [1.807, 2.05) is 34.9 Å². The minimum Gasteiger partial charge on any atom is -0.337 e. The topological polar surface area (TPSA) is 72.5 Å². The summed E-state index contributed by atoms with van der Waals surface area (Å²) in [7, 11) is 0. The average molecular weight is 273 g/mol. The Labute approximate surface area is 114 Å². The number of nitrogens with zero attached hydrogens (tertiary/aromatic N) is 4. The standard InChI is InChI=1S/C12H11N5OS/c1-8-13-10(18-16-8)7-17-11(14-15-12(17)19)9-5-3-2-4-6-9/h2-6H,7H2,1H3,(H,15,19). The molecule has 0 unspecified atom stereocenters. The van der Waals surface area contributed by atoms with Crippen LogP contribution in [0.2, 0.25) is 0 Å². The van der Waals surface area contributed by atoms with Crippen LogP contribution in [0.3, 0.4) is 0 Å². The van der Waals surface area contributed by atoms with Crippen LogP contribution < -0.4 is 0 Å². The van der Waals surface area contributed by atoms with Gasteiger partial charge in [0.2, 0.25) is 5.89 Å². The number of benzene rings is 1. The molecular weight excluding hydrogens is 262 g/mol. The second kappa shape index (κ2) is 4.77. The molecule has 6 nitrogen and oxygen atoms in total. The van der Waals surface area contributed by atoms with Crippen molar-refractivity contribution < 1.29 is 4.52 Å². The van der Waals surface area contributed by atoms with Crippen molar-refractivity contribution in [1.82, 2.24) is 24.9 Å². The normalized spacial score (nSPS) is 10.8. The molecule has 1 N–H and O–H groups in total. The van der Waals surface area contributed by atoms with Gasteiger partial charge >= 0.3 is 0 Å². The summed E-state index contributed by atoms with van der Waals surface area (Å²) >= 11 is 5.23. The van der Waals surface area contributed by atoms with Gasteiger partial charge in [0.1, 0.15) is 6.54 Å². The number of hydrogen-bond acceptors (Lipinski definition) is 5. The van der Waals surface area contributed by atoms with Crippen LogP contribution in [0.4, 0.5) is 0 Å². The van der Waals surface area contributed by atoms with E-state index in [1.54, 1.807) is 6.92 Å². The minimum atomic E-state index is 0.403. The van der Waals surface area contributed by atoms with E-state index in [0.717, 1.165) is 11.4 Å². The monoisotopic (exact) mass is 273 g/mol. The first-order valence-corrected chi connectivity index (χ1v) is 6.14. The molecule has 1 aromatic carbocycles. The summed E-state index contributed by atoms with van der Waals surface area (Å²) in [6.07, 6.45) is 0. The predicted octanol–water partition coefficient (Wildman–Crippen LogP) is 2.35. The fraction of sp³-hybridized carbons (Fsp3) is 0.167. The van der Waals surface area contributed by atoms with Crippen LogP contribution in [-0.2, 0) is 6.54 Å². The van der Waals surface area contributed by atoms with Crippen molar-refractivity contribution in [3.63, 3.8) is 0 Å². The Bertz CT molecular complexity index is 743. The summed E-state index contributed by atoms with van der Waals surface area (Å²) < 4.78 is 7.47. The second-order valence-corrected chi connectivity index (χ2v) is 4.43. The Morgan fingerprint density at radius 1 is 1.32 bits per heavy atom. The van der Waals surface area contributed by atoms with E-state index in [1.165, 1.54) is 0 Å². The zero-order valence-corrected chi connectivity index (χ0v) is 11.0. The van der Waals surface area contributed by atoms with Crippen LogP contribution in [0.25, 0.3) is 11.4 Å². The quantitative estimate of drug-likeness (QED) is 0.741. The summed E-state index contributed by atoms with van der Waals surface area (Å²) in [5.41, 5.74) is 0.978. The van der Waals surface area contributed by atoms with Crippen molar-refractivity contribution in [2.24, 2.45) is 0 Å². The first-order valence-electron chi connectivity index (χ1n) is 5.74. The molecule has 19 heavy (non-hydrogen) atoms. The maximum Gasteiger partial charge on any atom is 0.246 e.